The third-order valence-electron chi connectivity index (χ3n) is 2.56. The van der Waals surface area contributed by atoms with Gasteiger partial charge in [-0.1, -0.05) is 0 Å². The first kappa shape index (κ1) is 9.68. The molecule has 1 aliphatic heterocycles. The van der Waals surface area contributed by atoms with Crippen LogP contribution >= 0.6 is 11.6 Å². The van der Waals surface area contributed by atoms with Crippen molar-refractivity contribution in [2.45, 2.75) is 6.42 Å². The minimum atomic E-state index is 0.124. The molecule has 0 aliphatic carbocycles. The summed E-state index contributed by atoms with van der Waals surface area (Å²) in [6.07, 6.45) is 2.12. The molecule has 5 heteroatoms. The summed E-state index contributed by atoms with van der Waals surface area (Å²) < 4.78 is 1.62. The average molecular weight is 214 g/mol. The quantitative estimate of drug-likeness (QED) is 0.758. The number of aromatic nitrogens is 2. The van der Waals surface area contributed by atoms with Gasteiger partial charge < -0.3 is 9.88 Å². The minimum Gasteiger partial charge on any atom is -0.316 e. The zero-order chi connectivity index (χ0) is 10.1. The highest BCUT2D eigenvalue weighted by Crippen LogP contribution is 2.15. The van der Waals surface area contributed by atoms with Gasteiger partial charge in [-0.25, -0.2) is 4.98 Å². The van der Waals surface area contributed by atoms with Crippen LogP contribution in [0.5, 0.6) is 0 Å². The number of hydrogen-bond acceptors (Lipinski definition) is 3. The van der Waals surface area contributed by atoms with E-state index in [1.165, 1.54) is 6.20 Å². The molecular formula is C9H12ClN3O. The van der Waals surface area contributed by atoms with Gasteiger partial charge in [0, 0.05) is 13.5 Å². The van der Waals surface area contributed by atoms with Crippen LogP contribution < -0.4 is 5.32 Å². The molecule has 1 aromatic heterocycles. The molecule has 0 aromatic carbocycles. The van der Waals surface area contributed by atoms with E-state index in [4.69, 9.17) is 11.6 Å². The highest BCUT2D eigenvalue weighted by molar-refractivity contribution is 6.28. The highest BCUT2D eigenvalue weighted by Gasteiger charge is 2.22. The maximum atomic E-state index is 11.7. The Bertz CT molecular complexity index is 357. The maximum Gasteiger partial charge on any atom is 0.202 e. The van der Waals surface area contributed by atoms with Crippen molar-refractivity contribution in [3.05, 3.63) is 17.2 Å². The van der Waals surface area contributed by atoms with Crippen molar-refractivity contribution < 1.29 is 4.79 Å². The number of nitrogens with one attached hydrogen (secondary N) is 1. The molecule has 0 saturated carbocycles. The molecule has 1 fully saturated rings. The second kappa shape index (κ2) is 3.71. The van der Waals surface area contributed by atoms with Crippen molar-refractivity contribution in [2.24, 2.45) is 13.0 Å². The smallest absolute Gasteiger partial charge is 0.202 e. The van der Waals surface area contributed by atoms with Gasteiger partial charge in [-0.15, -0.1) is 0 Å². The van der Waals surface area contributed by atoms with Crippen LogP contribution in [0, 0.1) is 5.92 Å². The van der Waals surface area contributed by atoms with Crippen molar-refractivity contribution in [2.75, 3.05) is 13.1 Å². The molecule has 2 rings (SSSR count). The monoisotopic (exact) mass is 213 g/mol. The van der Waals surface area contributed by atoms with E-state index in [0.717, 1.165) is 13.1 Å². The number of nitrogens with zero attached hydrogens (tertiary/aromatic N) is 2. The fraction of sp³-hybridized carbons (Fsp3) is 0.556. The van der Waals surface area contributed by atoms with Gasteiger partial charge in [-0.3, -0.25) is 4.79 Å². The maximum absolute atomic E-state index is 11.7. The fourth-order valence-electron chi connectivity index (χ4n) is 1.51. The second-order valence-corrected chi connectivity index (χ2v) is 3.96. The first-order chi connectivity index (χ1) is 6.68. The molecule has 1 saturated heterocycles. The normalized spacial score (nSPS) is 16.7. The van der Waals surface area contributed by atoms with E-state index >= 15 is 0 Å². The van der Waals surface area contributed by atoms with Gasteiger partial charge in [0.1, 0.15) is 5.69 Å². The van der Waals surface area contributed by atoms with Gasteiger partial charge in [-0.05, 0) is 30.6 Å². The van der Waals surface area contributed by atoms with E-state index in [-0.39, 0.29) is 5.78 Å². The van der Waals surface area contributed by atoms with Crippen molar-refractivity contribution in [1.29, 1.82) is 0 Å². The van der Waals surface area contributed by atoms with E-state index in [2.05, 4.69) is 10.3 Å². The first-order valence-electron chi connectivity index (χ1n) is 4.59. The van der Waals surface area contributed by atoms with E-state index in [0.29, 0.717) is 23.3 Å². The summed E-state index contributed by atoms with van der Waals surface area (Å²) in [5.74, 6) is 0.606. The molecule has 1 aliphatic rings. The van der Waals surface area contributed by atoms with E-state index < -0.39 is 0 Å². The molecular weight excluding hydrogens is 202 g/mol. The molecule has 2 heterocycles. The van der Waals surface area contributed by atoms with Crippen LogP contribution in [0.3, 0.4) is 0 Å². The van der Waals surface area contributed by atoms with Gasteiger partial charge in [0.05, 0.1) is 6.20 Å². The van der Waals surface area contributed by atoms with Gasteiger partial charge >= 0.3 is 0 Å². The van der Waals surface area contributed by atoms with Gasteiger partial charge in [-0.2, -0.15) is 0 Å². The Balaban J connectivity index is 2.06. The number of halogens is 1. The summed E-state index contributed by atoms with van der Waals surface area (Å²) in [6.45, 7) is 1.88. The first-order valence-corrected chi connectivity index (χ1v) is 4.97. The molecule has 1 aromatic rings. The van der Waals surface area contributed by atoms with Gasteiger partial charge in [0.15, 0.2) is 5.78 Å². The summed E-state index contributed by atoms with van der Waals surface area (Å²) in [4.78, 5) is 15.6. The molecule has 0 radical (unpaired) electrons. The topological polar surface area (TPSA) is 46.9 Å². The lowest BCUT2D eigenvalue weighted by Crippen LogP contribution is -2.43. The van der Waals surface area contributed by atoms with Crippen LogP contribution in [0.2, 0.25) is 5.28 Å². The lowest BCUT2D eigenvalue weighted by Gasteiger charge is -2.26. The number of hydrogen-bond donors (Lipinski definition) is 1. The van der Waals surface area contributed by atoms with Crippen molar-refractivity contribution in [3.63, 3.8) is 0 Å². The molecule has 1 N–H and O–H groups in total. The standard InChI is InChI=1S/C9H12ClN3O/c1-13-7(5-12-9(13)10)8(14)2-6-3-11-4-6/h5-6,11H,2-4H2,1H3. The molecule has 76 valence electrons. The zero-order valence-corrected chi connectivity index (χ0v) is 8.71. The van der Waals surface area contributed by atoms with Crippen LogP contribution in [0.1, 0.15) is 16.9 Å². The van der Waals surface area contributed by atoms with Crippen LogP contribution in [0.4, 0.5) is 0 Å². The third-order valence-corrected chi connectivity index (χ3v) is 2.91. The van der Waals surface area contributed by atoms with E-state index in [1.54, 1.807) is 11.6 Å². The molecule has 0 atom stereocenters. The largest absolute Gasteiger partial charge is 0.316 e. The Hall–Kier alpha value is -0.870. The lowest BCUT2D eigenvalue weighted by atomic mass is 9.96. The molecule has 14 heavy (non-hydrogen) atoms. The predicted molar refractivity (Wildman–Crippen MR) is 53.5 cm³/mol. The van der Waals surface area contributed by atoms with Gasteiger partial charge in [0.25, 0.3) is 0 Å². The number of imidazole rings is 1. The predicted octanol–water partition coefficient (Wildman–Crippen LogP) is 0.866. The van der Waals surface area contributed by atoms with Crippen molar-refractivity contribution in [1.82, 2.24) is 14.9 Å². The lowest BCUT2D eigenvalue weighted by molar-refractivity contribution is 0.0937. The van der Waals surface area contributed by atoms with E-state index in [1.807, 2.05) is 0 Å². The summed E-state index contributed by atoms with van der Waals surface area (Å²) in [5.41, 5.74) is 0.599. The van der Waals surface area contributed by atoms with Gasteiger partial charge in [0.2, 0.25) is 5.28 Å². The Labute approximate surface area is 87.3 Å². The molecule has 0 spiro atoms. The average Bonchev–Trinajstić information content (AvgIpc) is 2.41. The van der Waals surface area contributed by atoms with Crippen LogP contribution in [0.25, 0.3) is 0 Å². The molecule has 0 bridgehead atoms. The zero-order valence-electron chi connectivity index (χ0n) is 7.96. The Morgan fingerprint density at radius 2 is 2.50 bits per heavy atom. The van der Waals surface area contributed by atoms with Crippen molar-refractivity contribution >= 4 is 17.4 Å². The second-order valence-electron chi connectivity index (χ2n) is 3.62. The summed E-state index contributed by atoms with van der Waals surface area (Å²) in [6, 6.07) is 0. The minimum absolute atomic E-state index is 0.124. The third kappa shape index (κ3) is 1.67. The SMILES string of the molecule is Cn1c(C(=O)CC2CNC2)cnc1Cl. The van der Waals surface area contributed by atoms with E-state index in [9.17, 15) is 4.79 Å². The summed E-state index contributed by atoms with van der Waals surface area (Å²) in [5, 5.41) is 3.50. The fourth-order valence-corrected chi connectivity index (χ4v) is 1.65. The highest BCUT2D eigenvalue weighted by atomic mass is 35.5. The number of ketones is 1. The van der Waals surface area contributed by atoms with Crippen LogP contribution in [0.15, 0.2) is 6.20 Å². The Morgan fingerprint density at radius 1 is 1.79 bits per heavy atom. The molecule has 0 unspecified atom stereocenters. The number of carbonyl (C=O) groups excluding carboxylic acids is 1. The summed E-state index contributed by atoms with van der Waals surface area (Å²) >= 11 is 5.75. The van der Waals surface area contributed by atoms with Crippen LogP contribution in [-0.4, -0.2) is 28.4 Å². The Morgan fingerprint density at radius 3 is 2.93 bits per heavy atom. The van der Waals surface area contributed by atoms with Crippen LogP contribution in [-0.2, 0) is 7.05 Å². The number of Topliss-reactive ketones (excluding diaryl/α,β-unsaturated/α-hetero) is 1. The van der Waals surface area contributed by atoms with Crippen molar-refractivity contribution in [3.8, 4) is 0 Å². The molecule has 4 nitrogen and oxygen atoms in total. The Kier molecular flexibility index (Phi) is 2.56. The number of carbonyl (C=O) groups is 1. The number of rotatable bonds is 3. The molecule has 0 amide bonds. The summed E-state index contributed by atoms with van der Waals surface area (Å²) in [7, 11) is 1.75.